The van der Waals surface area contributed by atoms with Crippen molar-refractivity contribution in [2.75, 3.05) is 19.7 Å². The average Bonchev–Trinajstić information content (AvgIpc) is 2.77. The minimum Gasteiger partial charge on any atom is -0.466 e. The number of hydrogen-bond donors (Lipinski definition) is 2. The molecule has 0 fully saturated rings. The molecule has 0 saturated carbocycles. The van der Waals surface area contributed by atoms with Crippen LogP contribution in [0.25, 0.3) is 0 Å². The monoisotopic (exact) mass is 517 g/mol. The van der Waals surface area contributed by atoms with Crippen LogP contribution in [0.3, 0.4) is 0 Å². The highest BCUT2D eigenvalue weighted by atomic mass is 16.6. The number of benzene rings is 1. The van der Waals surface area contributed by atoms with Gasteiger partial charge in [0.15, 0.2) is 0 Å². The molecule has 37 heavy (non-hydrogen) atoms. The number of aryl methyl sites for hydroxylation is 1. The molecule has 0 spiro atoms. The number of amides is 3. The molecule has 206 valence electrons. The summed E-state index contributed by atoms with van der Waals surface area (Å²) in [4.78, 5) is 53.0. The number of alkyl carbamates (subject to hydrolysis) is 1. The van der Waals surface area contributed by atoms with E-state index in [1.54, 1.807) is 39.8 Å². The first-order valence-electron chi connectivity index (χ1n) is 12.7. The van der Waals surface area contributed by atoms with Crippen LogP contribution in [0.15, 0.2) is 36.9 Å². The van der Waals surface area contributed by atoms with Crippen molar-refractivity contribution in [2.24, 2.45) is 5.92 Å². The van der Waals surface area contributed by atoms with Crippen LogP contribution in [0.4, 0.5) is 4.79 Å². The third-order valence-electron chi connectivity index (χ3n) is 5.19. The van der Waals surface area contributed by atoms with E-state index in [0.717, 1.165) is 5.56 Å². The minimum absolute atomic E-state index is 0.00573. The number of rotatable bonds is 13. The number of hydrogen-bond acceptors (Lipinski definition) is 6. The Labute approximate surface area is 221 Å². The van der Waals surface area contributed by atoms with Crippen LogP contribution in [-0.4, -0.2) is 60.1 Å². The zero-order valence-electron chi connectivity index (χ0n) is 23.3. The first kappa shape index (κ1) is 31.7. The molecular formula is C28H43N3O6. The molecule has 0 radical (unpaired) electrons. The maximum Gasteiger partial charge on any atom is 0.408 e. The fraction of sp³-hybridized carbons (Fsp3) is 0.571. The van der Waals surface area contributed by atoms with Crippen LogP contribution in [0.1, 0.15) is 71.6 Å². The summed E-state index contributed by atoms with van der Waals surface area (Å²) in [7, 11) is 0. The van der Waals surface area contributed by atoms with E-state index >= 15 is 0 Å². The lowest BCUT2D eigenvalue weighted by Gasteiger charge is -2.34. The highest BCUT2D eigenvalue weighted by molar-refractivity contribution is 5.92. The molecule has 9 heteroatoms. The van der Waals surface area contributed by atoms with Crippen molar-refractivity contribution >= 4 is 23.9 Å². The first-order valence-corrected chi connectivity index (χ1v) is 12.7. The van der Waals surface area contributed by atoms with Gasteiger partial charge in [-0.3, -0.25) is 14.4 Å². The summed E-state index contributed by atoms with van der Waals surface area (Å²) in [6, 6.07) is 5.35. The maximum atomic E-state index is 13.9. The Morgan fingerprint density at radius 2 is 1.73 bits per heavy atom. The Bertz CT molecular complexity index is 921. The molecule has 0 aliphatic rings. The van der Waals surface area contributed by atoms with Crippen molar-refractivity contribution < 1.29 is 28.7 Å². The standard InChI is InChI=1S/C28H43N3O6/c1-9-17-31(26(34)22(18-19(3)4)30-27(35)37-28(6,7)8)24(21-13-11-20(5)12-14-21)25(33)29-16-15-23(32)36-10-2/h9,11-14,19,22,24H,1,10,15-18H2,2-8H3,(H,29,33)(H,30,35). The average molecular weight is 518 g/mol. The summed E-state index contributed by atoms with van der Waals surface area (Å²) >= 11 is 0. The van der Waals surface area contributed by atoms with Gasteiger partial charge in [0.25, 0.3) is 0 Å². The molecule has 2 unspecified atom stereocenters. The van der Waals surface area contributed by atoms with Crippen LogP contribution in [0.5, 0.6) is 0 Å². The molecule has 0 bridgehead atoms. The van der Waals surface area contributed by atoms with Gasteiger partial charge >= 0.3 is 12.1 Å². The van der Waals surface area contributed by atoms with Gasteiger partial charge in [-0.2, -0.15) is 0 Å². The lowest BCUT2D eigenvalue weighted by molar-refractivity contribution is -0.144. The summed E-state index contributed by atoms with van der Waals surface area (Å²) in [6.07, 6.45) is 1.17. The smallest absolute Gasteiger partial charge is 0.408 e. The molecule has 3 amide bonds. The van der Waals surface area contributed by atoms with E-state index in [0.29, 0.717) is 12.0 Å². The fourth-order valence-corrected chi connectivity index (χ4v) is 3.64. The van der Waals surface area contributed by atoms with Gasteiger partial charge in [-0.15, -0.1) is 6.58 Å². The number of nitrogens with zero attached hydrogens (tertiary/aromatic N) is 1. The second-order valence-electron chi connectivity index (χ2n) is 10.3. The van der Waals surface area contributed by atoms with Gasteiger partial charge in [0.1, 0.15) is 17.7 Å². The van der Waals surface area contributed by atoms with Gasteiger partial charge in [-0.05, 0) is 52.5 Å². The molecule has 9 nitrogen and oxygen atoms in total. The molecule has 0 heterocycles. The molecule has 1 aromatic rings. The van der Waals surface area contributed by atoms with E-state index in [1.807, 2.05) is 32.9 Å². The fourth-order valence-electron chi connectivity index (χ4n) is 3.64. The van der Waals surface area contributed by atoms with Crippen LogP contribution in [0, 0.1) is 12.8 Å². The molecule has 0 aliphatic heterocycles. The number of ether oxygens (including phenoxy) is 2. The molecule has 0 aromatic heterocycles. The zero-order valence-corrected chi connectivity index (χ0v) is 23.3. The normalized spacial score (nSPS) is 12.8. The number of esters is 1. The second kappa shape index (κ2) is 15.0. The lowest BCUT2D eigenvalue weighted by Crippen LogP contribution is -2.53. The van der Waals surface area contributed by atoms with E-state index in [4.69, 9.17) is 9.47 Å². The molecule has 2 atom stereocenters. The van der Waals surface area contributed by atoms with Crippen LogP contribution < -0.4 is 10.6 Å². The van der Waals surface area contributed by atoms with E-state index < -0.39 is 41.6 Å². The highest BCUT2D eigenvalue weighted by Gasteiger charge is 2.36. The summed E-state index contributed by atoms with van der Waals surface area (Å²) in [6.45, 7) is 16.9. The third-order valence-corrected chi connectivity index (χ3v) is 5.19. The van der Waals surface area contributed by atoms with Crippen molar-refractivity contribution in [3.8, 4) is 0 Å². The Hall–Kier alpha value is -3.36. The molecule has 0 saturated heterocycles. The van der Waals surface area contributed by atoms with Gasteiger partial charge in [-0.1, -0.05) is 49.8 Å². The topological polar surface area (TPSA) is 114 Å². The molecule has 1 aromatic carbocycles. The molecule has 0 aliphatic carbocycles. The van der Waals surface area contributed by atoms with Gasteiger partial charge < -0.3 is 25.0 Å². The SMILES string of the molecule is C=CCN(C(=O)C(CC(C)C)NC(=O)OC(C)(C)C)C(C(=O)NCCC(=O)OCC)c1ccc(C)cc1. The Balaban J connectivity index is 3.33. The van der Waals surface area contributed by atoms with Crippen LogP contribution >= 0.6 is 0 Å². The number of carbonyl (C=O) groups excluding carboxylic acids is 4. The predicted molar refractivity (Wildman–Crippen MR) is 143 cm³/mol. The van der Waals surface area contributed by atoms with E-state index in [-0.39, 0.29) is 32.0 Å². The Kier molecular flexibility index (Phi) is 12.9. The zero-order chi connectivity index (χ0) is 28.2. The summed E-state index contributed by atoms with van der Waals surface area (Å²) < 4.78 is 10.3. The van der Waals surface area contributed by atoms with E-state index in [1.165, 1.54) is 11.0 Å². The first-order chi connectivity index (χ1) is 17.3. The van der Waals surface area contributed by atoms with Crippen molar-refractivity contribution in [3.05, 3.63) is 48.0 Å². The third kappa shape index (κ3) is 11.5. The van der Waals surface area contributed by atoms with Crippen LogP contribution in [-0.2, 0) is 23.9 Å². The largest absolute Gasteiger partial charge is 0.466 e. The van der Waals surface area contributed by atoms with Crippen molar-refractivity contribution in [2.45, 2.75) is 79.0 Å². The second-order valence-corrected chi connectivity index (χ2v) is 10.3. The molecule has 1 rings (SSSR count). The van der Waals surface area contributed by atoms with Gasteiger partial charge in [0.05, 0.1) is 13.0 Å². The number of carbonyl (C=O) groups is 4. The van der Waals surface area contributed by atoms with Gasteiger partial charge in [0, 0.05) is 13.1 Å². The number of nitrogens with one attached hydrogen (secondary N) is 2. The van der Waals surface area contributed by atoms with Gasteiger partial charge in [-0.25, -0.2) is 4.79 Å². The molecular weight excluding hydrogens is 474 g/mol. The Morgan fingerprint density at radius 3 is 2.24 bits per heavy atom. The van der Waals surface area contributed by atoms with E-state index in [2.05, 4.69) is 17.2 Å². The lowest BCUT2D eigenvalue weighted by atomic mass is 9.98. The predicted octanol–water partition coefficient (Wildman–Crippen LogP) is 4.06. The quantitative estimate of drug-likeness (QED) is 0.301. The summed E-state index contributed by atoms with van der Waals surface area (Å²) in [5.74, 6) is -1.24. The van der Waals surface area contributed by atoms with Crippen LogP contribution in [0.2, 0.25) is 0 Å². The van der Waals surface area contributed by atoms with Crippen molar-refractivity contribution in [1.82, 2.24) is 15.5 Å². The Morgan fingerprint density at radius 1 is 1.11 bits per heavy atom. The minimum atomic E-state index is -1.01. The highest BCUT2D eigenvalue weighted by Crippen LogP contribution is 2.24. The summed E-state index contributed by atoms with van der Waals surface area (Å²) in [5.41, 5.74) is 0.852. The molecule has 2 N–H and O–H groups in total. The van der Waals surface area contributed by atoms with Crippen molar-refractivity contribution in [3.63, 3.8) is 0 Å². The maximum absolute atomic E-state index is 13.9. The summed E-state index contributed by atoms with van der Waals surface area (Å²) in [5, 5.41) is 5.44. The van der Waals surface area contributed by atoms with E-state index in [9.17, 15) is 19.2 Å². The van der Waals surface area contributed by atoms with Crippen molar-refractivity contribution in [1.29, 1.82) is 0 Å². The van der Waals surface area contributed by atoms with Gasteiger partial charge in [0.2, 0.25) is 11.8 Å².